The Balaban J connectivity index is 1.95. The third-order valence-electron chi connectivity index (χ3n) is 4.61. The molecule has 1 saturated carbocycles. The highest BCUT2D eigenvalue weighted by atomic mass is 14.9. The van der Waals surface area contributed by atoms with E-state index in [1.165, 1.54) is 44.1 Å². The molecule has 0 amide bonds. The molecule has 0 bridgehead atoms. The summed E-state index contributed by atoms with van der Waals surface area (Å²) >= 11 is 0. The van der Waals surface area contributed by atoms with E-state index in [0.717, 1.165) is 5.92 Å². The highest BCUT2D eigenvalue weighted by molar-refractivity contribution is 5.20. The maximum absolute atomic E-state index is 3.55. The molecule has 1 aliphatic rings. The van der Waals surface area contributed by atoms with Gasteiger partial charge in [-0.25, -0.2) is 0 Å². The SMILES string of the molecule is CNC(CC1CCCCC1)C(C)c1ccccc1. The van der Waals surface area contributed by atoms with Gasteiger partial charge in [-0.1, -0.05) is 69.4 Å². The van der Waals surface area contributed by atoms with Crippen LogP contribution in [0, 0.1) is 5.92 Å². The largest absolute Gasteiger partial charge is 0.316 e. The number of likely N-dealkylation sites (N-methyl/N-ethyl adjacent to an activating group) is 1. The third kappa shape index (κ3) is 3.58. The molecule has 1 aliphatic carbocycles. The average molecular weight is 245 g/mol. The van der Waals surface area contributed by atoms with Gasteiger partial charge >= 0.3 is 0 Å². The summed E-state index contributed by atoms with van der Waals surface area (Å²) in [5.41, 5.74) is 1.47. The van der Waals surface area contributed by atoms with E-state index in [1.807, 2.05) is 0 Å². The smallest absolute Gasteiger partial charge is 0.0133 e. The zero-order valence-electron chi connectivity index (χ0n) is 11.9. The van der Waals surface area contributed by atoms with Crippen LogP contribution in [0.3, 0.4) is 0 Å². The van der Waals surface area contributed by atoms with Gasteiger partial charge in [0.25, 0.3) is 0 Å². The number of hydrogen-bond donors (Lipinski definition) is 1. The van der Waals surface area contributed by atoms with Gasteiger partial charge in [-0.15, -0.1) is 0 Å². The molecule has 1 fully saturated rings. The lowest BCUT2D eigenvalue weighted by molar-refractivity contribution is 0.289. The van der Waals surface area contributed by atoms with E-state index >= 15 is 0 Å². The second-order valence-corrected chi connectivity index (χ2v) is 5.83. The second kappa shape index (κ2) is 6.94. The number of nitrogens with one attached hydrogen (secondary N) is 1. The molecule has 1 heteroatoms. The molecule has 0 aromatic heterocycles. The van der Waals surface area contributed by atoms with Crippen LogP contribution in [0.25, 0.3) is 0 Å². The first kappa shape index (κ1) is 13.6. The summed E-state index contributed by atoms with van der Waals surface area (Å²) in [5, 5.41) is 3.55. The number of hydrogen-bond acceptors (Lipinski definition) is 1. The summed E-state index contributed by atoms with van der Waals surface area (Å²) in [6.07, 6.45) is 8.57. The van der Waals surface area contributed by atoms with Crippen LogP contribution in [0.15, 0.2) is 30.3 Å². The Kier molecular flexibility index (Phi) is 5.25. The number of benzene rings is 1. The fraction of sp³-hybridized carbons (Fsp3) is 0.647. The first-order valence-electron chi connectivity index (χ1n) is 7.53. The molecule has 1 N–H and O–H groups in total. The van der Waals surface area contributed by atoms with Crippen molar-refractivity contribution in [3.05, 3.63) is 35.9 Å². The molecule has 100 valence electrons. The van der Waals surface area contributed by atoms with E-state index in [0.29, 0.717) is 12.0 Å². The molecule has 0 radical (unpaired) electrons. The quantitative estimate of drug-likeness (QED) is 0.813. The second-order valence-electron chi connectivity index (χ2n) is 5.83. The van der Waals surface area contributed by atoms with E-state index in [2.05, 4.69) is 49.6 Å². The maximum Gasteiger partial charge on any atom is 0.0133 e. The van der Waals surface area contributed by atoms with Crippen molar-refractivity contribution in [1.82, 2.24) is 5.32 Å². The Morgan fingerprint density at radius 3 is 2.39 bits per heavy atom. The summed E-state index contributed by atoms with van der Waals surface area (Å²) < 4.78 is 0. The van der Waals surface area contributed by atoms with Crippen molar-refractivity contribution in [2.24, 2.45) is 5.92 Å². The molecular formula is C17H27N. The Morgan fingerprint density at radius 2 is 1.78 bits per heavy atom. The van der Waals surface area contributed by atoms with Gasteiger partial charge < -0.3 is 5.32 Å². The minimum Gasteiger partial charge on any atom is -0.316 e. The molecule has 18 heavy (non-hydrogen) atoms. The van der Waals surface area contributed by atoms with Crippen LogP contribution in [0.4, 0.5) is 0 Å². The molecule has 0 heterocycles. The van der Waals surface area contributed by atoms with Crippen molar-refractivity contribution >= 4 is 0 Å². The maximum atomic E-state index is 3.55. The lowest BCUT2D eigenvalue weighted by Gasteiger charge is -2.30. The van der Waals surface area contributed by atoms with Crippen molar-refractivity contribution < 1.29 is 0 Å². The van der Waals surface area contributed by atoms with E-state index < -0.39 is 0 Å². The summed E-state index contributed by atoms with van der Waals surface area (Å²) in [6.45, 7) is 2.36. The molecule has 0 spiro atoms. The minimum atomic E-state index is 0.609. The highest BCUT2D eigenvalue weighted by Crippen LogP contribution is 2.31. The molecule has 0 aliphatic heterocycles. The van der Waals surface area contributed by atoms with Crippen LogP contribution >= 0.6 is 0 Å². The Bertz CT molecular complexity index is 327. The van der Waals surface area contributed by atoms with Gasteiger partial charge in [0.05, 0.1) is 0 Å². The lowest BCUT2D eigenvalue weighted by atomic mass is 9.80. The molecule has 0 saturated heterocycles. The van der Waals surface area contributed by atoms with Gasteiger partial charge in [-0.3, -0.25) is 0 Å². The number of rotatable bonds is 5. The third-order valence-corrected chi connectivity index (χ3v) is 4.61. The molecule has 2 unspecified atom stereocenters. The molecule has 1 aromatic carbocycles. The first-order chi connectivity index (χ1) is 8.81. The van der Waals surface area contributed by atoms with Crippen LogP contribution in [-0.4, -0.2) is 13.1 Å². The molecular weight excluding hydrogens is 218 g/mol. The minimum absolute atomic E-state index is 0.609. The van der Waals surface area contributed by atoms with Crippen LogP contribution in [0.1, 0.15) is 56.9 Å². The van der Waals surface area contributed by atoms with Crippen LogP contribution in [0.5, 0.6) is 0 Å². The fourth-order valence-electron chi connectivity index (χ4n) is 3.34. The van der Waals surface area contributed by atoms with E-state index in [1.54, 1.807) is 0 Å². The molecule has 1 aromatic rings. The van der Waals surface area contributed by atoms with Gasteiger partial charge in [0.1, 0.15) is 0 Å². The average Bonchev–Trinajstić information content (AvgIpc) is 2.46. The lowest BCUT2D eigenvalue weighted by Crippen LogP contribution is -2.33. The molecule has 1 nitrogen and oxygen atoms in total. The van der Waals surface area contributed by atoms with E-state index in [4.69, 9.17) is 0 Å². The van der Waals surface area contributed by atoms with Crippen molar-refractivity contribution in [2.45, 2.75) is 57.4 Å². The molecule has 2 rings (SSSR count). The van der Waals surface area contributed by atoms with Crippen LogP contribution < -0.4 is 5.32 Å². The normalized spacial score (nSPS) is 20.6. The van der Waals surface area contributed by atoms with Crippen LogP contribution in [0.2, 0.25) is 0 Å². The van der Waals surface area contributed by atoms with Crippen molar-refractivity contribution in [1.29, 1.82) is 0 Å². The fourth-order valence-corrected chi connectivity index (χ4v) is 3.34. The zero-order chi connectivity index (χ0) is 12.8. The van der Waals surface area contributed by atoms with Crippen molar-refractivity contribution in [3.8, 4) is 0 Å². The van der Waals surface area contributed by atoms with Gasteiger partial charge in [0, 0.05) is 6.04 Å². The van der Waals surface area contributed by atoms with Gasteiger partial charge in [-0.2, -0.15) is 0 Å². The summed E-state index contributed by atoms with van der Waals surface area (Å²) in [7, 11) is 2.12. The first-order valence-corrected chi connectivity index (χ1v) is 7.53. The van der Waals surface area contributed by atoms with Gasteiger partial charge in [0.15, 0.2) is 0 Å². The predicted molar refractivity (Wildman–Crippen MR) is 78.9 cm³/mol. The zero-order valence-corrected chi connectivity index (χ0v) is 11.9. The standard InChI is InChI=1S/C17H27N/c1-14(16-11-7-4-8-12-16)17(18-2)13-15-9-5-3-6-10-15/h4,7-8,11-12,14-15,17-18H,3,5-6,9-10,13H2,1-2H3. The Hall–Kier alpha value is -0.820. The van der Waals surface area contributed by atoms with E-state index in [9.17, 15) is 0 Å². The van der Waals surface area contributed by atoms with Crippen molar-refractivity contribution in [3.63, 3.8) is 0 Å². The highest BCUT2D eigenvalue weighted by Gasteiger charge is 2.22. The van der Waals surface area contributed by atoms with Crippen molar-refractivity contribution in [2.75, 3.05) is 7.05 Å². The monoisotopic (exact) mass is 245 g/mol. The topological polar surface area (TPSA) is 12.0 Å². The van der Waals surface area contributed by atoms with Gasteiger partial charge in [0.2, 0.25) is 0 Å². The molecule has 2 atom stereocenters. The Labute approximate surface area is 112 Å². The van der Waals surface area contributed by atoms with Crippen LogP contribution in [-0.2, 0) is 0 Å². The summed E-state index contributed by atoms with van der Waals surface area (Å²) in [6, 6.07) is 11.5. The Morgan fingerprint density at radius 1 is 1.11 bits per heavy atom. The summed E-state index contributed by atoms with van der Waals surface area (Å²) in [4.78, 5) is 0. The summed E-state index contributed by atoms with van der Waals surface area (Å²) in [5.74, 6) is 1.56. The predicted octanol–water partition coefficient (Wildman–Crippen LogP) is 4.35. The van der Waals surface area contributed by atoms with Gasteiger partial charge in [-0.05, 0) is 30.9 Å². The van der Waals surface area contributed by atoms with E-state index in [-0.39, 0.29) is 0 Å².